The lowest BCUT2D eigenvalue weighted by Crippen LogP contribution is -2.58. The van der Waals surface area contributed by atoms with Crippen LogP contribution in [-0.4, -0.2) is 23.8 Å². The van der Waals surface area contributed by atoms with Gasteiger partial charge in [-0.1, -0.05) is 19.4 Å². The maximum Gasteiger partial charge on any atom is 0.155 e. The Kier molecular flexibility index (Phi) is 3.15. The molecule has 0 unspecified atom stereocenters. The third-order valence-corrected chi connectivity index (χ3v) is 9.33. The fraction of sp³-hybridized carbons (Fsp3) is 0.818. The molecule has 3 nitrogen and oxygen atoms in total. The van der Waals surface area contributed by atoms with Gasteiger partial charge in [-0.25, -0.2) is 0 Å². The van der Waals surface area contributed by atoms with Crippen molar-refractivity contribution in [2.45, 2.75) is 71.3 Å². The Morgan fingerprint density at radius 3 is 2.60 bits per heavy atom. The van der Waals surface area contributed by atoms with Crippen LogP contribution in [0.4, 0.5) is 0 Å². The Labute approximate surface area is 150 Å². The molecule has 1 spiro atoms. The molecular formula is C22H30O3. The second-order valence-corrected chi connectivity index (χ2v) is 9.98. The summed E-state index contributed by atoms with van der Waals surface area (Å²) in [5.41, 5.74) is 1.54. The first-order chi connectivity index (χ1) is 11.8. The number of hydrogen-bond donors (Lipinski definition) is 0. The normalized spacial score (nSPS) is 53.7. The van der Waals surface area contributed by atoms with Crippen LogP contribution in [0.1, 0.15) is 65.7 Å². The molecule has 0 aromatic rings. The van der Waals surface area contributed by atoms with Gasteiger partial charge >= 0.3 is 0 Å². The smallest absolute Gasteiger partial charge is 0.155 e. The second kappa shape index (κ2) is 4.85. The molecule has 7 atom stereocenters. The average Bonchev–Trinajstić information content (AvgIpc) is 3.24. The number of carbonyl (C=O) groups excluding carboxylic acids is 2. The van der Waals surface area contributed by atoms with E-state index in [1.807, 2.05) is 6.08 Å². The highest BCUT2D eigenvalue weighted by molar-refractivity contribution is 5.91. The van der Waals surface area contributed by atoms with Gasteiger partial charge in [-0.2, -0.15) is 0 Å². The van der Waals surface area contributed by atoms with Crippen LogP contribution in [-0.2, 0) is 14.3 Å². The van der Waals surface area contributed by atoms with Crippen molar-refractivity contribution < 1.29 is 14.3 Å². The summed E-state index contributed by atoms with van der Waals surface area (Å²) in [5.74, 6) is 2.79. The molecule has 3 heteroatoms. The number of ether oxygens (including phenoxy) is 1. The van der Waals surface area contributed by atoms with Crippen molar-refractivity contribution in [1.29, 1.82) is 0 Å². The average molecular weight is 342 g/mol. The van der Waals surface area contributed by atoms with E-state index in [-0.39, 0.29) is 22.3 Å². The van der Waals surface area contributed by atoms with Gasteiger partial charge in [-0.3, -0.25) is 9.59 Å². The SMILES string of the molecule is CC(=O)[C@H]1CC[C@H]2[C@@H]3CCC4=CC(=O)CC[C@]4(C)[C@H]3C[C@@]3(CO3)[C@]12C. The topological polar surface area (TPSA) is 46.7 Å². The van der Waals surface area contributed by atoms with E-state index in [1.54, 1.807) is 6.92 Å². The number of allylic oxidation sites excluding steroid dienone is 1. The van der Waals surface area contributed by atoms with E-state index in [2.05, 4.69) is 13.8 Å². The number of fused-ring (bicyclic) bond motifs is 6. The zero-order valence-corrected chi connectivity index (χ0v) is 15.8. The molecule has 3 saturated carbocycles. The molecular weight excluding hydrogens is 312 g/mol. The van der Waals surface area contributed by atoms with Gasteiger partial charge in [-0.05, 0) is 74.7 Å². The van der Waals surface area contributed by atoms with E-state index in [1.165, 1.54) is 18.4 Å². The predicted octanol–water partition coefficient (Wildman–Crippen LogP) is 4.10. The highest BCUT2D eigenvalue weighted by Crippen LogP contribution is 2.73. The van der Waals surface area contributed by atoms with Gasteiger partial charge in [-0.15, -0.1) is 0 Å². The fourth-order valence-electron chi connectivity index (χ4n) is 7.85. The first kappa shape index (κ1) is 16.2. The van der Waals surface area contributed by atoms with Crippen LogP contribution in [0.3, 0.4) is 0 Å². The maximum absolute atomic E-state index is 12.4. The highest BCUT2D eigenvalue weighted by atomic mass is 16.6. The molecule has 1 saturated heterocycles. The first-order valence-electron chi connectivity index (χ1n) is 10.2. The van der Waals surface area contributed by atoms with E-state index in [4.69, 9.17) is 4.74 Å². The third-order valence-electron chi connectivity index (χ3n) is 9.33. The molecule has 0 N–H and O–H groups in total. The molecule has 25 heavy (non-hydrogen) atoms. The molecule has 5 aliphatic rings. The van der Waals surface area contributed by atoms with Crippen LogP contribution in [0.15, 0.2) is 11.6 Å². The standard InChI is InChI=1S/C22H30O3/c1-13(23)17-6-7-18-16-5-4-14-10-15(24)8-9-20(14,2)19(16)11-22(12-25-22)21(17,18)3/h10,16-19H,4-9,11-12H2,1-3H3/t16-,17+,18-,19-,20-,21+,22+/m0/s1. The van der Waals surface area contributed by atoms with Crippen LogP contribution in [0.25, 0.3) is 0 Å². The van der Waals surface area contributed by atoms with Gasteiger partial charge in [0.05, 0.1) is 12.2 Å². The molecule has 1 aliphatic heterocycles. The van der Waals surface area contributed by atoms with E-state index >= 15 is 0 Å². The minimum atomic E-state index is -0.0708. The third kappa shape index (κ3) is 1.86. The molecule has 4 aliphatic carbocycles. The Morgan fingerprint density at radius 1 is 1.16 bits per heavy atom. The van der Waals surface area contributed by atoms with Crippen LogP contribution in [0, 0.1) is 34.5 Å². The molecule has 5 rings (SSSR count). The molecule has 4 fully saturated rings. The van der Waals surface area contributed by atoms with Crippen LogP contribution in [0.2, 0.25) is 0 Å². The maximum atomic E-state index is 12.4. The lowest BCUT2D eigenvalue weighted by molar-refractivity contribution is -0.138. The van der Waals surface area contributed by atoms with Gasteiger partial charge in [0.1, 0.15) is 5.78 Å². The number of epoxide rings is 1. The summed E-state index contributed by atoms with van der Waals surface area (Å²) in [5, 5.41) is 0. The lowest BCUT2D eigenvalue weighted by Gasteiger charge is -2.60. The van der Waals surface area contributed by atoms with Crippen LogP contribution in [0.5, 0.6) is 0 Å². The van der Waals surface area contributed by atoms with Gasteiger partial charge in [0.2, 0.25) is 0 Å². The van der Waals surface area contributed by atoms with Crippen LogP contribution < -0.4 is 0 Å². The summed E-state index contributed by atoms with van der Waals surface area (Å²) in [7, 11) is 0. The molecule has 0 aromatic carbocycles. The van der Waals surface area contributed by atoms with E-state index in [0.29, 0.717) is 35.7 Å². The van der Waals surface area contributed by atoms with Crippen molar-refractivity contribution in [2.24, 2.45) is 34.5 Å². The van der Waals surface area contributed by atoms with Crippen molar-refractivity contribution in [3.8, 4) is 0 Å². The second-order valence-electron chi connectivity index (χ2n) is 9.98. The minimum absolute atomic E-state index is 0.0298. The number of Topliss-reactive ketones (excluding diaryl/α,β-unsaturated/α-hetero) is 1. The van der Waals surface area contributed by atoms with E-state index < -0.39 is 0 Å². The Bertz CT molecular complexity index is 687. The van der Waals surface area contributed by atoms with Crippen molar-refractivity contribution in [3.05, 3.63) is 11.6 Å². The summed E-state index contributed by atoms with van der Waals surface area (Å²) in [6.45, 7) is 7.41. The van der Waals surface area contributed by atoms with Crippen LogP contribution >= 0.6 is 0 Å². The molecule has 0 amide bonds. The summed E-state index contributed by atoms with van der Waals surface area (Å²) in [4.78, 5) is 24.4. The van der Waals surface area contributed by atoms with Crippen molar-refractivity contribution >= 4 is 11.6 Å². The molecule has 0 aromatic heterocycles. The molecule has 0 bridgehead atoms. The van der Waals surface area contributed by atoms with Gasteiger partial charge in [0, 0.05) is 17.8 Å². The highest BCUT2D eigenvalue weighted by Gasteiger charge is 2.73. The van der Waals surface area contributed by atoms with Crippen molar-refractivity contribution in [2.75, 3.05) is 6.61 Å². The minimum Gasteiger partial charge on any atom is -0.369 e. The molecule has 1 heterocycles. The first-order valence-corrected chi connectivity index (χ1v) is 10.2. The van der Waals surface area contributed by atoms with E-state index in [0.717, 1.165) is 32.3 Å². The predicted molar refractivity (Wildman–Crippen MR) is 94.9 cm³/mol. The van der Waals surface area contributed by atoms with Crippen molar-refractivity contribution in [3.63, 3.8) is 0 Å². The quantitative estimate of drug-likeness (QED) is 0.674. The van der Waals surface area contributed by atoms with Crippen molar-refractivity contribution in [1.82, 2.24) is 0 Å². The van der Waals surface area contributed by atoms with E-state index in [9.17, 15) is 9.59 Å². The van der Waals surface area contributed by atoms with Gasteiger partial charge in [0.25, 0.3) is 0 Å². The number of ketones is 2. The number of carbonyl (C=O) groups is 2. The Hall–Kier alpha value is -0.960. The Balaban J connectivity index is 1.58. The zero-order chi connectivity index (χ0) is 17.6. The number of hydrogen-bond acceptors (Lipinski definition) is 3. The lowest BCUT2D eigenvalue weighted by atomic mass is 9.44. The fourth-order valence-corrected chi connectivity index (χ4v) is 7.85. The largest absolute Gasteiger partial charge is 0.369 e. The van der Waals surface area contributed by atoms with Gasteiger partial charge in [0.15, 0.2) is 5.78 Å². The Morgan fingerprint density at radius 2 is 1.92 bits per heavy atom. The summed E-state index contributed by atoms with van der Waals surface area (Å²) in [6, 6.07) is 0. The van der Waals surface area contributed by atoms with Gasteiger partial charge < -0.3 is 4.74 Å². The zero-order valence-electron chi connectivity index (χ0n) is 15.8. The summed E-state index contributed by atoms with van der Waals surface area (Å²) in [6.07, 6.45) is 9.28. The summed E-state index contributed by atoms with van der Waals surface area (Å²) >= 11 is 0. The molecule has 0 radical (unpaired) electrons. The molecule has 136 valence electrons. The monoisotopic (exact) mass is 342 g/mol. The summed E-state index contributed by atoms with van der Waals surface area (Å²) < 4.78 is 6.19. The number of rotatable bonds is 1.